The Morgan fingerprint density at radius 2 is 2.06 bits per heavy atom. The normalized spacial score (nSPS) is 18.7. The lowest BCUT2D eigenvalue weighted by atomic mass is 9.95. The van der Waals surface area contributed by atoms with Crippen LogP contribution in [0.25, 0.3) is 0 Å². The maximum atomic E-state index is 12.9. The molecule has 1 amide bonds. The summed E-state index contributed by atoms with van der Waals surface area (Å²) in [6.45, 7) is 7.20. The van der Waals surface area contributed by atoms with E-state index < -0.39 is 5.92 Å². The SMILES string of the molecule is CCOc1ccc2c(n1)C(=O)C(C(=O)NCc1cccc(CN3CCOCC3)c1)CN2. The minimum Gasteiger partial charge on any atom is -0.478 e. The van der Waals surface area contributed by atoms with E-state index in [9.17, 15) is 9.59 Å². The fourth-order valence-electron chi connectivity index (χ4n) is 3.85. The number of rotatable bonds is 7. The molecular weight excluding hydrogens is 396 g/mol. The molecule has 1 fully saturated rings. The van der Waals surface area contributed by atoms with Crippen LogP contribution < -0.4 is 15.4 Å². The standard InChI is InChI=1S/C23H28N4O4/c1-2-31-20-7-6-19-21(26-20)22(28)18(14-24-19)23(29)25-13-16-4-3-5-17(12-16)15-27-8-10-30-11-9-27/h3-7,12,18,24H,2,8-11,13-15H2,1H3,(H,25,29). The first-order valence-electron chi connectivity index (χ1n) is 10.7. The number of nitrogens with zero attached hydrogens (tertiary/aromatic N) is 2. The molecule has 1 atom stereocenters. The number of carbonyl (C=O) groups excluding carboxylic acids is 2. The molecule has 0 aliphatic carbocycles. The van der Waals surface area contributed by atoms with E-state index >= 15 is 0 Å². The summed E-state index contributed by atoms with van der Waals surface area (Å²) in [5, 5.41) is 6.04. The van der Waals surface area contributed by atoms with Gasteiger partial charge in [0.1, 0.15) is 11.6 Å². The second kappa shape index (κ2) is 9.89. The highest BCUT2D eigenvalue weighted by atomic mass is 16.5. The van der Waals surface area contributed by atoms with Crippen LogP contribution in [0.3, 0.4) is 0 Å². The van der Waals surface area contributed by atoms with Crippen molar-refractivity contribution in [3.8, 4) is 5.88 Å². The fourth-order valence-corrected chi connectivity index (χ4v) is 3.85. The van der Waals surface area contributed by atoms with Gasteiger partial charge in [-0.1, -0.05) is 24.3 Å². The predicted molar refractivity (Wildman–Crippen MR) is 116 cm³/mol. The maximum absolute atomic E-state index is 12.9. The first-order valence-corrected chi connectivity index (χ1v) is 10.7. The van der Waals surface area contributed by atoms with Gasteiger partial charge in [-0.2, -0.15) is 0 Å². The molecule has 0 radical (unpaired) electrons. The van der Waals surface area contributed by atoms with Crippen molar-refractivity contribution in [1.82, 2.24) is 15.2 Å². The smallest absolute Gasteiger partial charge is 0.233 e. The molecule has 164 valence electrons. The molecule has 1 unspecified atom stereocenters. The number of anilines is 1. The first-order chi connectivity index (χ1) is 15.1. The van der Waals surface area contributed by atoms with Crippen molar-refractivity contribution in [3.05, 3.63) is 53.2 Å². The summed E-state index contributed by atoms with van der Waals surface area (Å²) >= 11 is 0. The zero-order valence-electron chi connectivity index (χ0n) is 17.7. The van der Waals surface area contributed by atoms with Crippen molar-refractivity contribution in [2.75, 3.05) is 44.8 Å². The molecule has 2 aliphatic heterocycles. The number of nitrogens with one attached hydrogen (secondary N) is 2. The van der Waals surface area contributed by atoms with E-state index in [4.69, 9.17) is 9.47 Å². The van der Waals surface area contributed by atoms with E-state index in [1.54, 1.807) is 12.1 Å². The second-order valence-corrected chi connectivity index (χ2v) is 7.70. The average Bonchev–Trinajstić information content (AvgIpc) is 2.79. The van der Waals surface area contributed by atoms with E-state index in [1.165, 1.54) is 5.56 Å². The Morgan fingerprint density at radius 1 is 1.26 bits per heavy atom. The van der Waals surface area contributed by atoms with E-state index in [1.807, 2.05) is 19.1 Å². The molecule has 0 bridgehead atoms. The van der Waals surface area contributed by atoms with E-state index in [0.717, 1.165) is 38.4 Å². The third-order valence-corrected chi connectivity index (χ3v) is 5.49. The quantitative estimate of drug-likeness (QED) is 0.656. The predicted octanol–water partition coefficient (Wildman–Crippen LogP) is 1.85. The molecule has 4 rings (SSSR count). The van der Waals surface area contributed by atoms with Crippen LogP contribution in [0.1, 0.15) is 28.5 Å². The lowest BCUT2D eigenvalue weighted by molar-refractivity contribution is -0.123. The number of Topliss-reactive ketones (excluding diaryl/α,β-unsaturated/α-hetero) is 1. The Morgan fingerprint density at radius 3 is 2.87 bits per heavy atom. The first kappa shape index (κ1) is 21.3. The molecule has 0 spiro atoms. The Hall–Kier alpha value is -2.97. The van der Waals surface area contributed by atoms with Crippen LogP contribution in [0.5, 0.6) is 5.88 Å². The highest BCUT2D eigenvalue weighted by Gasteiger charge is 2.34. The molecule has 2 aliphatic rings. The second-order valence-electron chi connectivity index (χ2n) is 7.70. The van der Waals surface area contributed by atoms with Crippen molar-refractivity contribution in [1.29, 1.82) is 0 Å². The molecule has 1 aromatic heterocycles. The van der Waals surface area contributed by atoms with Gasteiger partial charge in [0.25, 0.3) is 0 Å². The Bertz CT molecular complexity index is 943. The summed E-state index contributed by atoms with van der Waals surface area (Å²) in [5.41, 5.74) is 3.09. The van der Waals surface area contributed by atoms with Crippen molar-refractivity contribution < 1.29 is 19.1 Å². The van der Waals surface area contributed by atoms with Gasteiger partial charge < -0.3 is 20.1 Å². The van der Waals surface area contributed by atoms with Gasteiger partial charge in [-0.3, -0.25) is 14.5 Å². The van der Waals surface area contributed by atoms with Gasteiger partial charge in [-0.25, -0.2) is 4.98 Å². The Balaban J connectivity index is 1.36. The number of benzene rings is 1. The Kier molecular flexibility index (Phi) is 6.79. The molecule has 1 aromatic carbocycles. The number of morpholine rings is 1. The highest BCUT2D eigenvalue weighted by Crippen LogP contribution is 2.26. The number of hydrogen-bond acceptors (Lipinski definition) is 7. The van der Waals surface area contributed by atoms with Crippen LogP contribution in [0.2, 0.25) is 0 Å². The molecule has 8 heteroatoms. The summed E-state index contributed by atoms with van der Waals surface area (Å²) in [7, 11) is 0. The van der Waals surface area contributed by atoms with Gasteiger partial charge in [-0.05, 0) is 24.1 Å². The third kappa shape index (κ3) is 5.21. The summed E-state index contributed by atoms with van der Waals surface area (Å²) in [6.07, 6.45) is 0. The van der Waals surface area contributed by atoms with Crippen LogP contribution in [0.15, 0.2) is 36.4 Å². The van der Waals surface area contributed by atoms with Gasteiger partial charge >= 0.3 is 0 Å². The number of hydrogen-bond donors (Lipinski definition) is 2. The maximum Gasteiger partial charge on any atom is 0.233 e. The molecule has 1 saturated heterocycles. The molecule has 31 heavy (non-hydrogen) atoms. The molecule has 8 nitrogen and oxygen atoms in total. The van der Waals surface area contributed by atoms with E-state index in [2.05, 4.69) is 32.7 Å². The zero-order chi connectivity index (χ0) is 21.6. The van der Waals surface area contributed by atoms with Crippen LogP contribution >= 0.6 is 0 Å². The fraction of sp³-hybridized carbons (Fsp3) is 0.435. The monoisotopic (exact) mass is 424 g/mol. The van der Waals surface area contributed by atoms with Crippen molar-refractivity contribution in [3.63, 3.8) is 0 Å². The van der Waals surface area contributed by atoms with Crippen LogP contribution in [-0.4, -0.2) is 61.0 Å². The number of amides is 1. The molecule has 2 aromatic rings. The van der Waals surface area contributed by atoms with Crippen LogP contribution in [0, 0.1) is 5.92 Å². The van der Waals surface area contributed by atoms with Crippen molar-refractivity contribution in [2.45, 2.75) is 20.0 Å². The van der Waals surface area contributed by atoms with Crippen molar-refractivity contribution in [2.24, 2.45) is 5.92 Å². The van der Waals surface area contributed by atoms with Gasteiger partial charge in [-0.15, -0.1) is 0 Å². The van der Waals surface area contributed by atoms with Crippen LogP contribution in [-0.2, 0) is 22.6 Å². The van der Waals surface area contributed by atoms with Crippen molar-refractivity contribution >= 4 is 17.4 Å². The number of aromatic nitrogens is 1. The molecular formula is C23H28N4O4. The lowest BCUT2D eigenvalue weighted by Gasteiger charge is -2.26. The van der Waals surface area contributed by atoms with E-state index in [-0.39, 0.29) is 23.9 Å². The molecule has 0 saturated carbocycles. The lowest BCUT2D eigenvalue weighted by Crippen LogP contribution is -2.42. The number of ether oxygens (including phenoxy) is 2. The highest BCUT2D eigenvalue weighted by molar-refractivity contribution is 6.13. The largest absolute Gasteiger partial charge is 0.478 e. The minimum atomic E-state index is -0.812. The zero-order valence-corrected chi connectivity index (χ0v) is 17.7. The summed E-state index contributed by atoms with van der Waals surface area (Å²) in [5.74, 6) is -1.01. The number of ketones is 1. The van der Waals surface area contributed by atoms with Gasteiger partial charge in [0.15, 0.2) is 5.78 Å². The topological polar surface area (TPSA) is 92.8 Å². The van der Waals surface area contributed by atoms with Gasteiger partial charge in [0.2, 0.25) is 11.8 Å². The molecule has 3 heterocycles. The summed E-state index contributed by atoms with van der Waals surface area (Å²) in [4.78, 5) is 32.2. The van der Waals surface area contributed by atoms with Gasteiger partial charge in [0.05, 0.1) is 25.5 Å². The minimum absolute atomic E-state index is 0.254. The summed E-state index contributed by atoms with van der Waals surface area (Å²) in [6, 6.07) is 11.7. The summed E-state index contributed by atoms with van der Waals surface area (Å²) < 4.78 is 10.8. The Labute approximate surface area is 181 Å². The average molecular weight is 425 g/mol. The van der Waals surface area contributed by atoms with E-state index in [0.29, 0.717) is 24.7 Å². The van der Waals surface area contributed by atoms with Crippen LogP contribution in [0.4, 0.5) is 5.69 Å². The molecule has 2 N–H and O–H groups in total. The number of fused-ring (bicyclic) bond motifs is 1. The number of pyridine rings is 1. The number of carbonyl (C=O) groups is 2. The van der Waals surface area contributed by atoms with Gasteiger partial charge in [0, 0.05) is 38.8 Å². The third-order valence-electron chi connectivity index (χ3n) is 5.49.